The van der Waals surface area contributed by atoms with Gasteiger partial charge in [-0.1, -0.05) is 44.9 Å². The number of rotatable bonds is 16. The molecule has 0 aromatic rings. The first-order valence-electron chi connectivity index (χ1n) is 7.71. The van der Waals surface area contributed by atoms with Crippen molar-refractivity contribution in [3.63, 3.8) is 0 Å². The molecule has 0 saturated carbocycles. The average Bonchev–Trinajstić information content (AvgIpc) is 2.47. The molecular weight excluding hydrogens is 290 g/mol. The minimum absolute atomic E-state index is 0.293. The van der Waals surface area contributed by atoms with E-state index < -0.39 is 0 Å². The predicted molar refractivity (Wildman–Crippen MR) is 92.1 cm³/mol. The van der Waals surface area contributed by atoms with E-state index in [9.17, 15) is 0 Å². The Bertz CT molecular complexity index is 234. The molecule has 0 amide bonds. The largest absolute Gasteiger partial charge is 0.379 e. The lowest BCUT2D eigenvalue weighted by Crippen LogP contribution is -2.05. The van der Waals surface area contributed by atoms with Gasteiger partial charge < -0.3 is 9.47 Å². The summed E-state index contributed by atoms with van der Waals surface area (Å²) in [6.07, 6.45) is 11.8. The summed E-state index contributed by atoms with van der Waals surface area (Å²) in [4.78, 5) is 3.65. The second-order valence-electron chi connectivity index (χ2n) is 4.80. The summed E-state index contributed by atoms with van der Waals surface area (Å²) in [5, 5.41) is 2.26. The van der Waals surface area contributed by atoms with E-state index >= 15 is 0 Å². The Kier molecular flexibility index (Phi) is 19.1. The molecule has 0 atom stereocenters. The van der Waals surface area contributed by atoms with Crippen LogP contribution in [0.5, 0.6) is 0 Å². The summed E-state index contributed by atoms with van der Waals surface area (Å²) in [6.45, 7) is 2.34. The van der Waals surface area contributed by atoms with Crippen molar-refractivity contribution >= 4 is 30.0 Å². The number of thiocarbonyl (C=S) groups is 1. The van der Waals surface area contributed by atoms with Gasteiger partial charge in [0.05, 0.1) is 18.4 Å². The summed E-state index contributed by atoms with van der Waals surface area (Å²) in [5.74, 6) is 1.03. The maximum absolute atomic E-state index is 5.47. The molecule has 5 heteroatoms. The Morgan fingerprint density at radius 3 is 1.90 bits per heavy atom. The van der Waals surface area contributed by atoms with Gasteiger partial charge in [0.25, 0.3) is 0 Å². The van der Waals surface area contributed by atoms with Crippen molar-refractivity contribution in [2.24, 2.45) is 4.99 Å². The second kappa shape index (κ2) is 19.1. The third kappa shape index (κ3) is 18.1. The van der Waals surface area contributed by atoms with E-state index in [0.717, 1.165) is 18.8 Å². The van der Waals surface area contributed by atoms with Crippen LogP contribution in [0.15, 0.2) is 4.99 Å². The maximum atomic E-state index is 5.47. The smallest absolute Gasteiger partial charge is 0.147 e. The number of nitrogens with zero attached hydrogens (tertiary/aromatic N) is 1. The van der Waals surface area contributed by atoms with Crippen LogP contribution in [0, 0.1) is 0 Å². The minimum atomic E-state index is 0.293. The summed E-state index contributed by atoms with van der Waals surface area (Å²) < 4.78 is 10.6. The molecule has 0 N–H and O–H groups in total. The van der Waals surface area contributed by atoms with Crippen LogP contribution in [0.2, 0.25) is 0 Å². The third-order valence-electron chi connectivity index (χ3n) is 3.04. The summed E-state index contributed by atoms with van der Waals surface area (Å²) in [6, 6.07) is 0. The Balaban J connectivity index is 2.94. The third-order valence-corrected chi connectivity index (χ3v) is 3.48. The fourth-order valence-corrected chi connectivity index (χ4v) is 2.19. The molecule has 0 aliphatic rings. The number of thiol groups is 1. The quantitative estimate of drug-likeness (QED) is 0.196. The van der Waals surface area contributed by atoms with Crippen molar-refractivity contribution in [2.75, 3.05) is 32.3 Å². The predicted octanol–water partition coefficient (Wildman–Crippen LogP) is 4.52. The van der Waals surface area contributed by atoms with Gasteiger partial charge >= 0.3 is 0 Å². The van der Waals surface area contributed by atoms with E-state index in [0.29, 0.717) is 19.9 Å². The van der Waals surface area contributed by atoms with Gasteiger partial charge in [-0.25, -0.2) is 4.99 Å². The highest BCUT2D eigenvalue weighted by molar-refractivity contribution is 7.80. The van der Waals surface area contributed by atoms with E-state index in [1.807, 2.05) is 0 Å². The zero-order chi connectivity index (χ0) is 14.7. The van der Waals surface area contributed by atoms with Gasteiger partial charge in [0.15, 0.2) is 0 Å². The fraction of sp³-hybridized carbons (Fsp3) is 0.933. The number of hydrogen-bond acceptors (Lipinski definition) is 5. The molecule has 0 heterocycles. The first-order chi connectivity index (χ1) is 9.91. The monoisotopic (exact) mass is 319 g/mol. The molecule has 0 unspecified atom stereocenters. The number of aliphatic imine (C=N–C) groups is 1. The van der Waals surface area contributed by atoms with Gasteiger partial charge in [0.2, 0.25) is 0 Å². The van der Waals surface area contributed by atoms with Gasteiger partial charge in [-0.15, -0.1) is 0 Å². The molecule has 0 aromatic carbocycles. The van der Waals surface area contributed by atoms with E-state index in [1.54, 1.807) is 0 Å². The molecule has 0 bridgehead atoms. The van der Waals surface area contributed by atoms with Gasteiger partial charge in [0.1, 0.15) is 6.73 Å². The molecule has 0 radical (unpaired) electrons. The van der Waals surface area contributed by atoms with Gasteiger partial charge in [-0.05, 0) is 30.8 Å². The van der Waals surface area contributed by atoms with E-state index in [4.69, 9.17) is 9.47 Å². The van der Waals surface area contributed by atoms with Crippen molar-refractivity contribution in [1.82, 2.24) is 0 Å². The molecule has 0 aromatic heterocycles. The van der Waals surface area contributed by atoms with Crippen LogP contribution >= 0.6 is 24.8 Å². The molecular formula is C15H29NO2S2. The van der Waals surface area contributed by atoms with Gasteiger partial charge in [0, 0.05) is 6.61 Å². The highest BCUT2D eigenvalue weighted by Gasteiger charge is 1.93. The number of ether oxygens (including phenoxy) is 2. The normalized spacial score (nSPS) is 10.4. The van der Waals surface area contributed by atoms with Crippen molar-refractivity contribution < 1.29 is 9.47 Å². The minimum Gasteiger partial charge on any atom is -0.379 e. The Morgan fingerprint density at radius 2 is 1.30 bits per heavy atom. The number of unbranched alkanes of at least 4 members (excludes halogenated alkanes) is 8. The zero-order valence-corrected chi connectivity index (χ0v) is 14.2. The molecule has 0 aliphatic carbocycles. The van der Waals surface area contributed by atoms with Crippen LogP contribution in [0.4, 0.5) is 0 Å². The molecule has 118 valence electrons. The van der Waals surface area contributed by atoms with E-state index in [2.05, 4.69) is 35.0 Å². The van der Waals surface area contributed by atoms with Gasteiger partial charge in [-0.3, -0.25) is 0 Å². The molecule has 0 saturated heterocycles. The Hall–Kier alpha value is 0.0700. The zero-order valence-electron chi connectivity index (χ0n) is 12.5. The number of hydrogen-bond donors (Lipinski definition) is 1. The molecule has 20 heavy (non-hydrogen) atoms. The SMILES string of the molecule is S=C=NCOCCOCCCCCCCCCCCS. The summed E-state index contributed by atoms with van der Waals surface area (Å²) in [7, 11) is 0. The maximum Gasteiger partial charge on any atom is 0.147 e. The van der Waals surface area contributed by atoms with Crippen LogP contribution in [-0.2, 0) is 9.47 Å². The first kappa shape index (κ1) is 20.1. The standard InChI is InChI=1S/C15H29NO2S2/c19-13-9-7-5-3-1-2-4-6-8-10-17-11-12-18-14-16-15-20/h19H,1-14H2. The average molecular weight is 320 g/mol. The molecule has 0 aliphatic heterocycles. The summed E-state index contributed by atoms with van der Waals surface area (Å²) >= 11 is 8.64. The van der Waals surface area contributed by atoms with Gasteiger partial charge in [-0.2, -0.15) is 12.6 Å². The molecule has 3 nitrogen and oxygen atoms in total. The fourth-order valence-electron chi connectivity index (χ4n) is 1.91. The second-order valence-corrected chi connectivity index (χ2v) is 5.43. The Labute approximate surface area is 134 Å². The van der Waals surface area contributed by atoms with Crippen molar-refractivity contribution in [3.8, 4) is 0 Å². The Morgan fingerprint density at radius 1 is 0.750 bits per heavy atom. The molecule has 0 rings (SSSR count). The molecule has 0 spiro atoms. The topological polar surface area (TPSA) is 30.8 Å². The lowest BCUT2D eigenvalue weighted by atomic mass is 10.1. The lowest BCUT2D eigenvalue weighted by Gasteiger charge is -2.04. The number of isothiocyanates is 1. The first-order valence-corrected chi connectivity index (χ1v) is 8.76. The van der Waals surface area contributed by atoms with Crippen LogP contribution in [0.3, 0.4) is 0 Å². The highest BCUT2D eigenvalue weighted by atomic mass is 32.1. The van der Waals surface area contributed by atoms with Crippen LogP contribution in [0.25, 0.3) is 0 Å². The van der Waals surface area contributed by atoms with Crippen LogP contribution < -0.4 is 0 Å². The molecule has 0 fully saturated rings. The van der Waals surface area contributed by atoms with E-state index in [-0.39, 0.29) is 0 Å². The van der Waals surface area contributed by atoms with Crippen molar-refractivity contribution in [1.29, 1.82) is 0 Å². The highest BCUT2D eigenvalue weighted by Crippen LogP contribution is 2.09. The lowest BCUT2D eigenvalue weighted by molar-refractivity contribution is 0.0494. The summed E-state index contributed by atoms with van der Waals surface area (Å²) in [5.41, 5.74) is 0. The van der Waals surface area contributed by atoms with Crippen LogP contribution in [-0.4, -0.2) is 37.5 Å². The van der Waals surface area contributed by atoms with Crippen molar-refractivity contribution in [2.45, 2.75) is 57.8 Å². The van der Waals surface area contributed by atoms with Crippen LogP contribution in [0.1, 0.15) is 57.8 Å². The van der Waals surface area contributed by atoms with Crippen molar-refractivity contribution in [3.05, 3.63) is 0 Å². The van der Waals surface area contributed by atoms with E-state index in [1.165, 1.54) is 51.4 Å².